The van der Waals surface area contributed by atoms with E-state index in [1.54, 1.807) is 11.3 Å². The van der Waals surface area contributed by atoms with E-state index in [4.69, 9.17) is 4.98 Å². The van der Waals surface area contributed by atoms with Crippen molar-refractivity contribution in [3.05, 3.63) is 95.6 Å². The molecule has 0 bridgehead atoms. The average Bonchev–Trinajstić information content (AvgIpc) is 3.32. The fraction of sp³-hybridized carbons (Fsp3) is 0.300. The highest BCUT2D eigenvalue weighted by Gasteiger charge is 2.49. The third-order valence-electron chi connectivity index (χ3n) is 7.34. The number of hydrogen-bond acceptors (Lipinski definition) is 5. The Morgan fingerprint density at radius 2 is 1.57 bits per heavy atom. The van der Waals surface area contributed by atoms with Crippen LogP contribution in [0.15, 0.2) is 78.9 Å². The molecule has 2 aliphatic heterocycles. The van der Waals surface area contributed by atoms with Gasteiger partial charge >= 0.3 is 0 Å². The van der Waals surface area contributed by atoms with Crippen LogP contribution in [0, 0.1) is 11.8 Å². The first-order valence-corrected chi connectivity index (χ1v) is 13.3. The highest BCUT2D eigenvalue weighted by atomic mass is 32.1. The highest BCUT2D eigenvalue weighted by Crippen LogP contribution is 2.43. The Labute approximate surface area is 210 Å². The summed E-state index contributed by atoms with van der Waals surface area (Å²) in [6, 6.07) is 27.7. The molecule has 0 spiro atoms. The normalized spacial score (nSPS) is 22.4. The van der Waals surface area contributed by atoms with Gasteiger partial charge < -0.3 is 10.0 Å². The number of anilines is 1. The first kappa shape index (κ1) is 22.3. The van der Waals surface area contributed by atoms with Gasteiger partial charge in [0.1, 0.15) is 0 Å². The van der Waals surface area contributed by atoms with E-state index in [0.717, 1.165) is 54.3 Å². The van der Waals surface area contributed by atoms with E-state index in [1.807, 2.05) is 30.3 Å². The van der Waals surface area contributed by atoms with Crippen molar-refractivity contribution in [3.63, 3.8) is 0 Å². The maximum absolute atomic E-state index is 10.3. The van der Waals surface area contributed by atoms with E-state index in [2.05, 4.69) is 70.2 Å². The van der Waals surface area contributed by atoms with Crippen molar-refractivity contribution < 1.29 is 5.11 Å². The van der Waals surface area contributed by atoms with Gasteiger partial charge in [-0.25, -0.2) is 4.98 Å². The molecule has 0 saturated carbocycles. The number of benzene rings is 3. The number of rotatable bonds is 3. The molecular weight excluding hydrogens is 450 g/mol. The van der Waals surface area contributed by atoms with Crippen molar-refractivity contribution in [2.45, 2.75) is 30.8 Å². The minimum atomic E-state index is 0.177. The Morgan fingerprint density at radius 1 is 0.857 bits per heavy atom. The van der Waals surface area contributed by atoms with Crippen LogP contribution in [0.4, 0.5) is 5.13 Å². The fourth-order valence-corrected chi connectivity index (χ4v) is 6.56. The van der Waals surface area contributed by atoms with Crippen molar-refractivity contribution in [1.29, 1.82) is 0 Å². The molecule has 0 radical (unpaired) electrons. The monoisotopic (exact) mass is 479 g/mol. The molecule has 0 aliphatic carbocycles. The molecule has 4 aromatic rings. The Bertz CT molecular complexity index is 1320. The molecule has 1 N–H and O–H groups in total. The van der Waals surface area contributed by atoms with Crippen LogP contribution in [0.3, 0.4) is 0 Å². The van der Waals surface area contributed by atoms with Gasteiger partial charge in [0.2, 0.25) is 0 Å². The van der Waals surface area contributed by atoms with Crippen LogP contribution < -0.4 is 4.90 Å². The van der Waals surface area contributed by atoms with Crippen LogP contribution in [0.5, 0.6) is 0 Å². The minimum Gasteiger partial charge on any atom is -0.395 e. The number of aliphatic hydroxyl groups is 1. The van der Waals surface area contributed by atoms with Crippen LogP contribution in [0.2, 0.25) is 0 Å². The van der Waals surface area contributed by atoms with E-state index in [9.17, 15) is 5.11 Å². The molecule has 1 aromatic heterocycles. The largest absolute Gasteiger partial charge is 0.395 e. The van der Waals surface area contributed by atoms with Gasteiger partial charge in [-0.1, -0.05) is 65.6 Å². The van der Waals surface area contributed by atoms with Crippen LogP contribution in [-0.4, -0.2) is 53.3 Å². The fourth-order valence-electron chi connectivity index (χ4n) is 5.56. The van der Waals surface area contributed by atoms with Gasteiger partial charge in [-0.2, -0.15) is 0 Å². The number of nitrogens with zero attached hydrogens (tertiary/aromatic N) is 3. The SMILES string of the molecule is OC[C@@H]1C(c2ccc(C#Cc3ccccc3)cc2)[C@@H]2CN(c3nc4ccccc4s3)CCCCN12. The molecule has 176 valence electrons. The van der Waals surface area contributed by atoms with Crippen molar-refractivity contribution in [1.82, 2.24) is 9.88 Å². The van der Waals surface area contributed by atoms with Gasteiger partial charge in [-0.15, -0.1) is 0 Å². The van der Waals surface area contributed by atoms with E-state index in [0.29, 0.717) is 12.0 Å². The van der Waals surface area contributed by atoms with Gasteiger partial charge in [0.25, 0.3) is 0 Å². The molecule has 35 heavy (non-hydrogen) atoms. The van der Waals surface area contributed by atoms with Gasteiger partial charge in [0.05, 0.1) is 16.8 Å². The predicted molar refractivity (Wildman–Crippen MR) is 144 cm³/mol. The molecule has 1 unspecified atom stereocenters. The summed E-state index contributed by atoms with van der Waals surface area (Å²) in [5, 5.41) is 11.4. The molecular formula is C30H29N3OS. The summed E-state index contributed by atoms with van der Waals surface area (Å²) in [7, 11) is 0. The zero-order chi connectivity index (χ0) is 23.6. The number of hydrogen-bond donors (Lipinski definition) is 1. The number of thiazole rings is 1. The van der Waals surface area contributed by atoms with E-state index in [1.165, 1.54) is 10.3 Å². The molecule has 2 saturated heterocycles. The first-order valence-electron chi connectivity index (χ1n) is 12.4. The van der Waals surface area contributed by atoms with Crippen LogP contribution in [-0.2, 0) is 0 Å². The van der Waals surface area contributed by atoms with Crippen LogP contribution >= 0.6 is 11.3 Å². The quantitative estimate of drug-likeness (QED) is 0.414. The summed E-state index contributed by atoms with van der Waals surface area (Å²) < 4.78 is 1.24. The molecule has 5 heteroatoms. The molecule has 3 aromatic carbocycles. The second-order valence-electron chi connectivity index (χ2n) is 9.44. The maximum Gasteiger partial charge on any atom is 0.186 e. The molecule has 3 atom stereocenters. The number of aliphatic hydroxyl groups excluding tert-OH is 1. The number of fused-ring (bicyclic) bond motifs is 2. The Morgan fingerprint density at radius 3 is 2.34 bits per heavy atom. The highest BCUT2D eigenvalue weighted by molar-refractivity contribution is 7.22. The average molecular weight is 480 g/mol. The smallest absolute Gasteiger partial charge is 0.186 e. The molecule has 2 fully saturated rings. The third kappa shape index (κ3) is 4.46. The minimum absolute atomic E-state index is 0.177. The molecule has 4 nitrogen and oxygen atoms in total. The third-order valence-corrected chi connectivity index (χ3v) is 8.44. The summed E-state index contributed by atoms with van der Waals surface area (Å²) in [6.45, 7) is 3.23. The van der Waals surface area contributed by atoms with Crippen molar-refractivity contribution in [2.75, 3.05) is 31.1 Å². The lowest BCUT2D eigenvalue weighted by molar-refractivity contribution is -0.0429. The second kappa shape index (κ2) is 9.83. The Balaban J connectivity index is 1.24. The van der Waals surface area contributed by atoms with Crippen molar-refractivity contribution >= 4 is 26.7 Å². The topological polar surface area (TPSA) is 39.6 Å². The molecule has 0 amide bonds. The van der Waals surface area contributed by atoms with Crippen molar-refractivity contribution in [3.8, 4) is 11.8 Å². The Kier molecular flexibility index (Phi) is 6.26. The summed E-state index contributed by atoms with van der Waals surface area (Å²) in [5.74, 6) is 6.83. The summed E-state index contributed by atoms with van der Waals surface area (Å²) in [4.78, 5) is 9.94. The summed E-state index contributed by atoms with van der Waals surface area (Å²) in [5.41, 5.74) is 4.41. The van der Waals surface area contributed by atoms with Gasteiger partial charge in [-0.3, -0.25) is 4.90 Å². The van der Waals surface area contributed by atoms with E-state index < -0.39 is 0 Å². The zero-order valence-electron chi connectivity index (χ0n) is 19.7. The van der Waals surface area contributed by atoms with E-state index in [-0.39, 0.29) is 12.6 Å². The number of para-hydroxylation sites is 1. The lowest BCUT2D eigenvalue weighted by atomic mass is 9.74. The predicted octanol–water partition coefficient (Wildman–Crippen LogP) is 5.13. The summed E-state index contributed by atoms with van der Waals surface area (Å²) >= 11 is 1.79. The lowest BCUT2D eigenvalue weighted by Crippen LogP contribution is -2.67. The van der Waals surface area contributed by atoms with Crippen LogP contribution in [0.1, 0.15) is 35.4 Å². The molecule has 2 aliphatic rings. The van der Waals surface area contributed by atoms with Gasteiger partial charge in [-0.05, 0) is 61.3 Å². The maximum atomic E-state index is 10.3. The summed E-state index contributed by atoms with van der Waals surface area (Å²) in [6.07, 6.45) is 2.30. The zero-order valence-corrected chi connectivity index (χ0v) is 20.5. The van der Waals surface area contributed by atoms with E-state index >= 15 is 0 Å². The first-order chi connectivity index (χ1) is 17.3. The van der Waals surface area contributed by atoms with Crippen LogP contribution in [0.25, 0.3) is 10.2 Å². The van der Waals surface area contributed by atoms with Crippen molar-refractivity contribution in [2.24, 2.45) is 0 Å². The number of aromatic nitrogens is 1. The Hall–Kier alpha value is -3.17. The molecule has 3 heterocycles. The van der Waals surface area contributed by atoms with Gasteiger partial charge in [0, 0.05) is 42.2 Å². The second-order valence-corrected chi connectivity index (χ2v) is 10.4. The van der Waals surface area contributed by atoms with Gasteiger partial charge in [0.15, 0.2) is 5.13 Å². The lowest BCUT2D eigenvalue weighted by Gasteiger charge is -2.57. The standard InChI is InChI=1S/C30H29N3OS/c34-21-27-29(24-16-14-23(15-17-24)13-12-22-8-2-1-3-9-22)26-20-32(18-6-7-19-33(26)27)30-31-25-10-4-5-11-28(25)35-30/h1-5,8-11,14-17,26-27,29,34H,6-7,18-21H2/t26-,27+,29?/m0/s1. The molecule has 6 rings (SSSR count).